The molecule has 2 aromatic carbocycles. The van der Waals surface area contributed by atoms with E-state index in [9.17, 15) is 19.2 Å². The van der Waals surface area contributed by atoms with Crippen molar-refractivity contribution in [1.82, 2.24) is 19.8 Å². The number of ketones is 2. The molecule has 0 aliphatic rings. The number of hydrogen-bond acceptors (Lipinski definition) is 8. The van der Waals surface area contributed by atoms with Crippen LogP contribution in [0.3, 0.4) is 0 Å². The maximum Gasteiger partial charge on any atom is 0.375 e. The van der Waals surface area contributed by atoms with Gasteiger partial charge >= 0.3 is 11.7 Å². The van der Waals surface area contributed by atoms with Gasteiger partial charge in [-0.25, -0.2) is 9.59 Å². The van der Waals surface area contributed by atoms with Gasteiger partial charge in [0.05, 0.1) is 18.2 Å². The minimum atomic E-state index is -1.15. The molecule has 0 bridgehead atoms. The van der Waals surface area contributed by atoms with Crippen LogP contribution < -0.4 is 10.4 Å². The number of benzene rings is 2. The fraction of sp³-hybridized carbons (Fsp3) is 0.333. The zero-order valence-corrected chi connectivity index (χ0v) is 19.7. The number of rotatable bonds is 9. The zero-order valence-electron chi connectivity index (χ0n) is 19.7. The molecule has 1 unspecified atom stereocenters. The summed E-state index contributed by atoms with van der Waals surface area (Å²) >= 11 is 0. The van der Waals surface area contributed by atoms with Gasteiger partial charge in [-0.1, -0.05) is 12.1 Å². The number of tetrazole rings is 1. The average Bonchev–Trinajstić information content (AvgIpc) is 3.15. The van der Waals surface area contributed by atoms with Crippen molar-refractivity contribution >= 4 is 17.5 Å². The Bertz CT molecular complexity index is 1310. The number of carbonyl (C=O) groups excluding carboxylic acids is 3. The summed E-state index contributed by atoms with van der Waals surface area (Å²) in [6.45, 7) is 6.86. The van der Waals surface area contributed by atoms with E-state index in [0.717, 1.165) is 15.8 Å². The summed E-state index contributed by atoms with van der Waals surface area (Å²) in [6, 6.07) is 10.3. The SMILES string of the molecule is CCOC(=O)C(=O)C(C)C(=O)c1ccc(OCc2c(C)cccc2-n2nnn(C)c2=O)c(C)c1. The monoisotopic (exact) mass is 466 g/mol. The van der Waals surface area contributed by atoms with E-state index < -0.39 is 23.5 Å². The van der Waals surface area contributed by atoms with Gasteiger partial charge in [-0.2, -0.15) is 9.36 Å². The van der Waals surface area contributed by atoms with Gasteiger partial charge < -0.3 is 9.47 Å². The lowest BCUT2D eigenvalue weighted by atomic mass is 9.94. The van der Waals surface area contributed by atoms with Crippen LogP contribution in [-0.2, 0) is 28.0 Å². The lowest BCUT2D eigenvalue weighted by Crippen LogP contribution is -2.29. The zero-order chi connectivity index (χ0) is 25.0. The molecule has 0 aliphatic heterocycles. The van der Waals surface area contributed by atoms with Crippen LogP contribution in [0.5, 0.6) is 5.75 Å². The number of esters is 1. The molecule has 34 heavy (non-hydrogen) atoms. The molecule has 0 spiro atoms. The maximum atomic E-state index is 12.7. The van der Waals surface area contributed by atoms with Gasteiger partial charge in [0.1, 0.15) is 12.4 Å². The molecule has 0 fully saturated rings. The second kappa shape index (κ2) is 10.2. The maximum absolute atomic E-state index is 12.7. The Kier molecular flexibility index (Phi) is 7.40. The van der Waals surface area contributed by atoms with Gasteiger partial charge in [-0.05, 0) is 73.5 Å². The fourth-order valence-electron chi connectivity index (χ4n) is 3.40. The lowest BCUT2D eigenvalue weighted by molar-refractivity contribution is -0.154. The first-order valence-corrected chi connectivity index (χ1v) is 10.7. The van der Waals surface area contributed by atoms with Crippen LogP contribution in [0, 0.1) is 19.8 Å². The van der Waals surface area contributed by atoms with Crippen molar-refractivity contribution in [2.75, 3.05) is 6.61 Å². The summed E-state index contributed by atoms with van der Waals surface area (Å²) in [6.07, 6.45) is 0. The second-order valence-electron chi connectivity index (χ2n) is 7.81. The molecular formula is C24H26N4O6. The van der Waals surface area contributed by atoms with Crippen LogP contribution in [0.25, 0.3) is 5.69 Å². The molecule has 3 aromatic rings. The fourth-order valence-corrected chi connectivity index (χ4v) is 3.40. The minimum Gasteiger partial charge on any atom is -0.489 e. The highest BCUT2D eigenvalue weighted by molar-refractivity contribution is 6.39. The summed E-state index contributed by atoms with van der Waals surface area (Å²) < 4.78 is 13.0. The third-order valence-electron chi connectivity index (χ3n) is 5.43. The standard InChI is InChI=1S/C24H26N4O6/c1-6-33-23(31)22(30)16(4)21(29)17-10-11-20(15(3)12-17)34-13-18-14(2)8-7-9-19(18)28-24(32)27(5)25-26-28/h7-12,16H,6,13H2,1-5H3. The predicted octanol–water partition coefficient (Wildman–Crippen LogP) is 2.11. The van der Waals surface area contributed by atoms with E-state index in [0.29, 0.717) is 17.0 Å². The molecule has 10 nitrogen and oxygen atoms in total. The van der Waals surface area contributed by atoms with Crippen molar-refractivity contribution in [3.63, 3.8) is 0 Å². The van der Waals surface area contributed by atoms with Gasteiger partial charge in [0.25, 0.3) is 5.78 Å². The smallest absolute Gasteiger partial charge is 0.375 e. The van der Waals surface area contributed by atoms with Crippen molar-refractivity contribution in [3.8, 4) is 11.4 Å². The molecule has 3 rings (SSSR count). The van der Waals surface area contributed by atoms with Crippen molar-refractivity contribution in [2.24, 2.45) is 13.0 Å². The Balaban J connectivity index is 1.80. The van der Waals surface area contributed by atoms with Crippen LogP contribution in [0.15, 0.2) is 41.2 Å². The number of aryl methyl sites for hydroxylation is 3. The summed E-state index contributed by atoms with van der Waals surface area (Å²) in [5.74, 6) is -2.99. The van der Waals surface area contributed by atoms with Gasteiger partial charge in [-0.3, -0.25) is 9.59 Å². The number of ether oxygens (including phenoxy) is 2. The number of Topliss-reactive ketones (excluding diaryl/α,β-unsaturated/α-hetero) is 2. The van der Waals surface area contributed by atoms with Gasteiger partial charge in [0, 0.05) is 18.2 Å². The summed E-state index contributed by atoms with van der Waals surface area (Å²) in [4.78, 5) is 48.8. The van der Waals surface area contributed by atoms with E-state index in [1.165, 1.54) is 18.7 Å². The Morgan fingerprint density at radius 2 is 1.79 bits per heavy atom. The Morgan fingerprint density at radius 1 is 1.06 bits per heavy atom. The molecular weight excluding hydrogens is 440 g/mol. The van der Waals surface area contributed by atoms with E-state index in [1.807, 2.05) is 19.1 Å². The Hall–Kier alpha value is -4.08. The largest absolute Gasteiger partial charge is 0.489 e. The van der Waals surface area contributed by atoms with E-state index >= 15 is 0 Å². The quantitative estimate of drug-likeness (QED) is 0.203. The van der Waals surface area contributed by atoms with Gasteiger partial charge in [-0.15, -0.1) is 0 Å². The normalized spacial score (nSPS) is 11.7. The Morgan fingerprint density at radius 3 is 2.41 bits per heavy atom. The molecule has 1 atom stereocenters. The molecule has 0 amide bonds. The van der Waals surface area contributed by atoms with Crippen LogP contribution in [0.2, 0.25) is 0 Å². The van der Waals surface area contributed by atoms with E-state index in [1.54, 1.807) is 38.1 Å². The highest BCUT2D eigenvalue weighted by Crippen LogP contribution is 2.24. The number of nitrogens with zero attached hydrogens (tertiary/aromatic N) is 4. The first kappa shape index (κ1) is 24.6. The summed E-state index contributed by atoms with van der Waals surface area (Å²) in [5.41, 5.74) is 2.82. The van der Waals surface area contributed by atoms with Gasteiger partial charge in [0.15, 0.2) is 5.78 Å². The topological polar surface area (TPSA) is 122 Å². The third kappa shape index (κ3) is 4.95. The van der Waals surface area contributed by atoms with Crippen molar-refractivity contribution in [3.05, 3.63) is 69.1 Å². The number of aromatic nitrogens is 4. The van der Waals surface area contributed by atoms with Crippen molar-refractivity contribution in [1.29, 1.82) is 0 Å². The molecule has 0 aliphatic carbocycles. The molecule has 0 saturated carbocycles. The molecule has 0 N–H and O–H groups in total. The number of carbonyl (C=O) groups is 3. The predicted molar refractivity (Wildman–Crippen MR) is 122 cm³/mol. The molecule has 10 heteroatoms. The van der Waals surface area contributed by atoms with Crippen molar-refractivity contribution < 1.29 is 23.9 Å². The first-order chi connectivity index (χ1) is 16.1. The average molecular weight is 466 g/mol. The highest BCUT2D eigenvalue weighted by Gasteiger charge is 2.29. The van der Waals surface area contributed by atoms with Crippen LogP contribution >= 0.6 is 0 Å². The molecule has 1 heterocycles. The molecule has 0 saturated heterocycles. The summed E-state index contributed by atoms with van der Waals surface area (Å²) in [7, 11) is 1.52. The Labute approximate surface area is 196 Å². The van der Waals surface area contributed by atoms with E-state index in [4.69, 9.17) is 9.47 Å². The molecule has 1 aromatic heterocycles. The third-order valence-corrected chi connectivity index (χ3v) is 5.43. The highest BCUT2D eigenvalue weighted by atomic mass is 16.5. The van der Waals surface area contributed by atoms with E-state index in [2.05, 4.69) is 10.4 Å². The van der Waals surface area contributed by atoms with Gasteiger partial charge in [0.2, 0.25) is 0 Å². The second-order valence-corrected chi connectivity index (χ2v) is 7.81. The molecule has 178 valence electrons. The van der Waals surface area contributed by atoms with Crippen molar-refractivity contribution in [2.45, 2.75) is 34.3 Å². The first-order valence-electron chi connectivity index (χ1n) is 10.7. The minimum absolute atomic E-state index is 0.0602. The van der Waals surface area contributed by atoms with Crippen LogP contribution in [0.4, 0.5) is 0 Å². The number of hydrogen-bond donors (Lipinski definition) is 0. The summed E-state index contributed by atoms with van der Waals surface area (Å²) in [5, 5.41) is 7.67. The molecule has 0 radical (unpaired) electrons. The van der Waals surface area contributed by atoms with E-state index in [-0.39, 0.29) is 24.5 Å². The van der Waals surface area contributed by atoms with Crippen LogP contribution in [0.1, 0.15) is 40.9 Å². The lowest BCUT2D eigenvalue weighted by Gasteiger charge is -2.15. The van der Waals surface area contributed by atoms with Crippen LogP contribution in [-0.4, -0.2) is 43.9 Å².